The lowest BCUT2D eigenvalue weighted by molar-refractivity contribution is -0.115. The fourth-order valence-corrected chi connectivity index (χ4v) is 1.95. The SMILES string of the molecule is Cc1ccc(C=C2SC(=O)NC2=O)cc1F. The Morgan fingerprint density at radius 3 is 2.69 bits per heavy atom. The third-order valence-corrected chi connectivity index (χ3v) is 2.95. The third-order valence-electron chi connectivity index (χ3n) is 2.14. The molecule has 0 unspecified atom stereocenters. The van der Waals surface area contributed by atoms with Gasteiger partial charge in [0.25, 0.3) is 11.1 Å². The fourth-order valence-electron chi connectivity index (χ4n) is 1.27. The fraction of sp³-hybridized carbons (Fsp3) is 0.0909. The Bertz CT molecular complexity index is 511. The predicted molar refractivity (Wildman–Crippen MR) is 60.2 cm³/mol. The van der Waals surface area contributed by atoms with Crippen LogP contribution < -0.4 is 5.32 Å². The second-order valence-corrected chi connectivity index (χ2v) is 4.38. The van der Waals surface area contributed by atoms with E-state index in [9.17, 15) is 14.0 Å². The molecule has 1 fully saturated rings. The van der Waals surface area contributed by atoms with Gasteiger partial charge in [-0.15, -0.1) is 0 Å². The standard InChI is InChI=1S/C11H8FNO2S/c1-6-2-3-7(4-8(6)12)5-9-10(14)13-11(15)16-9/h2-5H,1H3,(H,13,14,15). The summed E-state index contributed by atoms with van der Waals surface area (Å²) in [6.45, 7) is 1.66. The number of hydrogen-bond acceptors (Lipinski definition) is 3. The highest BCUT2D eigenvalue weighted by Gasteiger charge is 2.24. The van der Waals surface area contributed by atoms with Crippen molar-refractivity contribution < 1.29 is 14.0 Å². The van der Waals surface area contributed by atoms with Crippen LogP contribution in [0.2, 0.25) is 0 Å². The van der Waals surface area contributed by atoms with Crippen molar-refractivity contribution in [3.05, 3.63) is 40.0 Å². The molecular weight excluding hydrogens is 229 g/mol. The molecule has 1 saturated heterocycles. The maximum atomic E-state index is 13.2. The Balaban J connectivity index is 2.32. The predicted octanol–water partition coefficient (Wildman–Crippen LogP) is 2.46. The van der Waals surface area contributed by atoms with Gasteiger partial charge in [-0.05, 0) is 42.0 Å². The minimum Gasteiger partial charge on any atom is -0.282 e. The Morgan fingerprint density at radius 2 is 2.12 bits per heavy atom. The molecule has 1 N–H and O–H groups in total. The molecule has 2 amide bonds. The zero-order valence-electron chi connectivity index (χ0n) is 8.41. The molecule has 82 valence electrons. The van der Waals surface area contributed by atoms with Crippen LogP contribution in [0, 0.1) is 12.7 Å². The van der Waals surface area contributed by atoms with Crippen molar-refractivity contribution in [3.63, 3.8) is 0 Å². The van der Waals surface area contributed by atoms with Gasteiger partial charge in [0.1, 0.15) is 5.82 Å². The lowest BCUT2D eigenvalue weighted by Gasteiger charge is -1.98. The van der Waals surface area contributed by atoms with Crippen molar-refractivity contribution in [3.8, 4) is 0 Å². The number of carbonyl (C=O) groups excluding carboxylic acids is 2. The van der Waals surface area contributed by atoms with Gasteiger partial charge in [-0.2, -0.15) is 0 Å². The average Bonchev–Trinajstić information content (AvgIpc) is 2.51. The smallest absolute Gasteiger partial charge is 0.282 e. The van der Waals surface area contributed by atoms with Crippen LogP contribution in [0.3, 0.4) is 0 Å². The minimum absolute atomic E-state index is 0.285. The monoisotopic (exact) mass is 237 g/mol. The van der Waals surface area contributed by atoms with Gasteiger partial charge in [-0.25, -0.2) is 4.39 Å². The molecule has 0 aliphatic carbocycles. The van der Waals surface area contributed by atoms with Crippen molar-refractivity contribution in [2.75, 3.05) is 0 Å². The zero-order chi connectivity index (χ0) is 11.7. The first-order chi connectivity index (χ1) is 7.56. The largest absolute Gasteiger partial charge is 0.290 e. The van der Waals surface area contributed by atoms with Gasteiger partial charge in [-0.1, -0.05) is 12.1 Å². The molecule has 0 radical (unpaired) electrons. The number of nitrogens with one attached hydrogen (secondary N) is 1. The van der Waals surface area contributed by atoms with Crippen LogP contribution >= 0.6 is 11.8 Å². The highest BCUT2D eigenvalue weighted by Crippen LogP contribution is 2.25. The molecule has 1 aliphatic heterocycles. The average molecular weight is 237 g/mol. The number of rotatable bonds is 1. The van der Waals surface area contributed by atoms with Crippen molar-refractivity contribution in [1.29, 1.82) is 0 Å². The first-order valence-electron chi connectivity index (χ1n) is 4.57. The van der Waals surface area contributed by atoms with Crippen molar-refractivity contribution >= 4 is 29.0 Å². The number of thioether (sulfide) groups is 1. The summed E-state index contributed by atoms with van der Waals surface area (Å²) in [5.74, 6) is -0.764. The molecule has 1 aliphatic rings. The number of carbonyl (C=O) groups is 2. The summed E-state index contributed by atoms with van der Waals surface area (Å²) >= 11 is 0.818. The van der Waals surface area contributed by atoms with E-state index in [2.05, 4.69) is 5.32 Å². The first-order valence-corrected chi connectivity index (χ1v) is 5.39. The molecule has 0 saturated carbocycles. The zero-order valence-corrected chi connectivity index (χ0v) is 9.23. The second-order valence-electron chi connectivity index (χ2n) is 3.36. The van der Waals surface area contributed by atoms with Gasteiger partial charge in [0.05, 0.1) is 4.91 Å². The Hall–Kier alpha value is -1.62. The normalized spacial score (nSPS) is 18.0. The van der Waals surface area contributed by atoms with Gasteiger partial charge in [0.2, 0.25) is 0 Å². The molecule has 0 bridgehead atoms. The van der Waals surface area contributed by atoms with Gasteiger partial charge in [0.15, 0.2) is 0 Å². The topological polar surface area (TPSA) is 46.2 Å². The van der Waals surface area contributed by atoms with Crippen LogP contribution in [0.15, 0.2) is 23.1 Å². The quantitative estimate of drug-likeness (QED) is 0.763. The molecular formula is C11H8FNO2S. The summed E-state index contributed by atoms with van der Waals surface area (Å²) in [4.78, 5) is 22.4. The van der Waals surface area contributed by atoms with Crippen LogP contribution in [0.4, 0.5) is 9.18 Å². The first kappa shape index (κ1) is 10.9. The van der Waals surface area contributed by atoms with E-state index in [-0.39, 0.29) is 10.7 Å². The molecule has 0 aromatic heterocycles. The van der Waals surface area contributed by atoms with Gasteiger partial charge in [-0.3, -0.25) is 14.9 Å². The van der Waals surface area contributed by atoms with E-state index < -0.39 is 11.1 Å². The number of amides is 2. The molecule has 0 atom stereocenters. The van der Waals surface area contributed by atoms with Crippen LogP contribution in [-0.2, 0) is 4.79 Å². The number of halogens is 1. The van der Waals surface area contributed by atoms with E-state index in [1.54, 1.807) is 19.1 Å². The molecule has 2 rings (SSSR count). The number of benzene rings is 1. The Kier molecular flexibility index (Phi) is 2.78. The molecule has 1 aromatic rings. The number of aryl methyl sites for hydroxylation is 1. The molecule has 1 aromatic carbocycles. The second kappa shape index (κ2) is 4.09. The van der Waals surface area contributed by atoms with Crippen LogP contribution in [0.5, 0.6) is 0 Å². The van der Waals surface area contributed by atoms with Gasteiger partial charge in [0, 0.05) is 0 Å². The molecule has 5 heteroatoms. The highest BCUT2D eigenvalue weighted by molar-refractivity contribution is 8.18. The lowest BCUT2D eigenvalue weighted by Crippen LogP contribution is -2.17. The van der Waals surface area contributed by atoms with Crippen LogP contribution in [-0.4, -0.2) is 11.1 Å². The van der Waals surface area contributed by atoms with E-state index in [0.29, 0.717) is 11.1 Å². The van der Waals surface area contributed by atoms with Crippen molar-refractivity contribution in [2.45, 2.75) is 6.92 Å². The van der Waals surface area contributed by atoms with E-state index in [1.807, 2.05) is 0 Å². The third kappa shape index (κ3) is 2.14. The highest BCUT2D eigenvalue weighted by atomic mass is 32.2. The summed E-state index contributed by atoms with van der Waals surface area (Å²) in [6, 6.07) is 4.65. The van der Waals surface area contributed by atoms with E-state index in [4.69, 9.17) is 0 Å². The molecule has 0 spiro atoms. The van der Waals surface area contributed by atoms with Crippen LogP contribution in [0.1, 0.15) is 11.1 Å². The summed E-state index contributed by atoms with van der Waals surface area (Å²) in [5, 5.41) is 1.74. The Labute approximate surface area is 95.7 Å². The summed E-state index contributed by atoms with van der Waals surface area (Å²) in [5.41, 5.74) is 1.11. The van der Waals surface area contributed by atoms with Gasteiger partial charge >= 0.3 is 0 Å². The van der Waals surface area contributed by atoms with Crippen molar-refractivity contribution in [2.24, 2.45) is 0 Å². The Morgan fingerprint density at radius 1 is 1.38 bits per heavy atom. The maximum absolute atomic E-state index is 13.2. The van der Waals surface area contributed by atoms with E-state index in [0.717, 1.165) is 11.8 Å². The maximum Gasteiger partial charge on any atom is 0.290 e. The minimum atomic E-state index is -0.434. The van der Waals surface area contributed by atoms with E-state index in [1.165, 1.54) is 12.1 Å². The summed E-state index contributed by atoms with van der Waals surface area (Å²) < 4.78 is 13.2. The molecule has 16 heavy (non-hydrogen) atoms. The lowest BCUT2D eigenvalue weighted by atomic mass is 10.1. The van der Waals surface area contributed by atoms with E-state index >= 15 is 0 Å². The summed E-state index contributed by atoms with van der Waals surface area (Å²) in [7, 11) is 0. The number of hydrogen-bond donors (Lipinski definition) is 1. The van der Waals surface area contributed by atoms with Crippen LogP contribution in [0.25, 0.3) is 6.08 Å². The van der Waals surface area contributed by atoms with Crippen molar-refractivity contribution in [1.82, 2.24) is 5.32 Å². The molecule has 1 heterocycles. The van der Waals surface area contributed by atoms with Gasteiger partial charge < -0.3 is 0 Å². The number of imide groups is 1. The molecule has 3 nitrogen and oxygen atoms in total. The summed E-state index contributed by atoms with van der Waals surface area (Å²) in [6.07, 6.45) is 1.49.